The van der Waals surface area contributed by atoms with Crippen molar-refractivity contribution in [2.45, 2.75) is 19.4 Å². The van der Waals surface area contributed by atoms with Crippen LogP contribution in [0.1, 0.15) is 24.2 Å². The largest absolute Gasteiger partial charge is 0.497 e. The molecule has 22 heavy (non-hydrogen) atoms. The van der Waals surface area contributed by atoms with E-state index in [0.717, 1.165) is 23.5 Å². The van der Waals surface area contributed by atoms with E-state index in [9.17, 15) is 0 Å². The number of hydrogen-bond acceptors (Lipinski definition) is 6. The second-order valence-electron chi connectivity index (χ2n) is 4.88. The van der Waals surface area contributed by atoms with Crippen molar-refractivity contribution in [2.75, 3.05) is 21.3 Å². The minimum atomic E-state index is 0.302. The molecule has 118 valence electrons. The van der Waals surface area contributed by atoms with Crippen LogP contribution in [0.4, 0.5) is 0 Å². The minimum absolute atomic E-state index is 0.302. The molecule has 1 heterocycles. The number of rotatable bonds is 7. The third-order valence-electron chi connectivity index (χ3n) is 3.31. The maximum atomic E-state index is 5.34. The summed E-state index contributed by atoms with van der Waals surface area (Å²) < 4.78 is 15.7. The van der Waals surface area contributed by atoms with Gasteiger partial charge in [-0.25, -0.2) is 0 Å². The zero-order valence-electron chi connectivity index (χ0n) is 13.3. The van der Waals surface area contributed by atoms with E-state index in [0.29, 0.717) is 17.8 Å². The molecule has 0 saturated carbocycles. The van der Waals surface area contributed by atoms with E-state index in [1.54, 1.807) is 20.3 Å². The molecule has 0 bridgehead atoms. The predicted molar refractivity (Wildman–Crippen MR) is 85.0 cm³/mol. The van der Waals surface area contributed by atoms with E-state index in [1.165, 1.54) is 0 Å². The van der Waals surface area contributed by atoms with Crippen LogP contribution >= 0.6 is 0 Å². The van der Waals surface area contributed by atoms with E-state index < -0.39 is 0 Å². The molecule has 0 aliphatic carbocycles. The van der Waals surface area contributed by atoms with Crippen LogP contribution in [0.5, 0.6) is 11.5 Å². The second-order valence-corrected chi connectivity index (χ2v) is 4.88. The number of nitrogens with zero attached hydrogens (tertiary/aromatic N) is 2. The van der Waals surface area contributed by atoms with E-state index in [2.05, 4.69) is 22.4 Å². The number of likely N-dealkylation sites (N-methyl/N-ethyl adjacent to an activating group) is 1. The molecule has 6 nitrogen and oxygen atoms in total. The summed E-state index contributed by atoms with van der Waals surface area (Å²) in [5, 5.41) is 7.10. The first kappa shape index (κ1) is 16.0. The van der Waals surface area contributed by atoms with Gasteiger partial charge in [-0.05, 0) is 32.2 Å². The predicted octanol–water partition coefficient (Wildman–Crippen LogP) is 2.41. The van der Waals surface area contributed by atoms with Crippen molar-refractivity contribution in [1.29, 1.82) is 0 Å². The van der Waals surface area contributed by atoms with Gasteiger partial charge in [-0.1, -0.05) is 5.16 Å². The Kier molecular flexibility index (Phi) is 5.55. The Labute approximate surface area is 130 Å². The molecular weight excluding hydrogens is 282 g/mol. The third kappa shape index (κ3) is 4.08. The summed E-state index contributed by atoms with van der Waals surface area (Å²) in [6.07, 6.45) is 4.36. The molecule has 0 amide bonds. The van der Waals surface area contributed by atoms with Gasteiger partial charge in [0.2, 0.25) is 0 Å². The van der Waals surface area contributed by atoms with Gasteiger partial charge in [0.1, 0.15) is 11.5 Å². The Bertz CT molecular complexity index is 637. The highest BCUT2D eigenvalue weighted by Crippen LogP contribution is 2.26. The van der Waals surface area contributed by atoms with Crippen LogP contribution in [0.15, 0.2) is 22.7 Å². The molecule has 0 saturated heterocycles. The van der Waals surface area contributed by atoms with Gasteiger partial charge in [0.25, 0.3) is 5.89 Å². The summed E-state index contributed by atoms with van der Waals surface area (Å²) in [4.78, 5) is 4.33. The van der Waals surface area contributed by atoms with E-state index >= 15 is 0 Å². The Balaban J connectivity index is 2.11. The highest BCUT2D eigenvalue weighted by atomic mass is 16.5. The highest BCUT2D eigenvalue weighted by molar-refractivity contribution is 5.70. The van der Waals surface area contributed by atoms with Gasteiger partial charge < -0.3 is 19.3 Å². The van der Waals surface area contributed by atoms with E-state index in [1.807, 2.05) is 31.3 Å². The van der Waals surface area contributed by atoms with Crippen molar-refractivity contribution < 1.29 is 14.0 Å². The fraction of sp³-hybridized carbons (Fsp3) is 0.375. The zero-order valence-corrected chi connectivity index (χ0v) is 13.3. The summed E-state index contributed by atoms with van der Waals surface area (Å²) in [6, 6.07) is 5.91. The molecule has 0 aliphatic heterocycles. The van der Waals surface area contributed by atoms with Gasteiger partial charge in [-0.3, -0.25) is 0 Å². The average Bonchev–Trinajstić information content (AvgIpc) is 2.99. The lowest BCUT2D eigenvalue weighted by molar-refractivity contribution is 0.393. The van der Waals surface area contributed by atoms with Gasteiger partial charge in [0.05, 0.1) is 14.2 Å². The fourth-order valence-corrected chi connectivity index (χ4v) is 1.91. The quantitative estimate of drug-likeness (QED) is 0.847. The Morgan fingerprint density at radius 2 is 2.09 bits per heavy atom. The van der Waals surface area contributed by atoms with Gasteiger partial charge in [-0.2, -0.15) is 4.98 Å². The van der Waals surface area contributed by atoms with Crippen molar-refractivity contribution in [3.05, 3.63) is 35.5 Å². The van der Waals surface area contributed by atoms with Crippen LogP contribution < -0.4 is 14.8 Å². The molecule has 0 aliphatic rings. The van der Waals surface area contributed by atoms with Crippen LogP contribution in [0.25, 0.3) is 12.2 Å². The maximum absolute atomic E-state index is 5.34. The highest BCUT2D eigenvalue weighted by Gasteiger charge is 2.08. The lowest BCUT2D eigenvalue weighted by Gasteiger charge is -2.06. The summed E-state index contributed by atoms with van der Waals surface area (Å²) in [6.45, 7) is 2.06. The maximum Gasteiger partial charge on any atom is 0.250 e. The zero-order chi connectivity index (χ0) is 15.9. The van der Waals surface area contributed by atoms with E-state index in [-0.39, 0.29) is 0 Å². The molecule has 0 radical (unpaired) electrons. The van der Waals surface area contributed by atoms with E-state index in [4.69, 9.17) is 14.0 Å². The number of methoxy groups -OCH3 is 2. The second kappa shape index (κ2) is 7.61. The van der Waals surface area contributed by atoms with Crippen LogP contribution in [0.2, 0.25) is 0 Å². The molecule has 0 fully saturated rings. The first-order valence-electron chi connectivity index (χ1n) is 7.06. The van der Waals surface area contributed by atoms with Gasteiger partial charge in [0, 0.05) is 30.2 Å². The number of ether oxygens (including phenoxy) is 2. The molecule has 1 atom stereocenters. The number of aromatic nitrogens is 2. The Morgan fingerprint density at radius 1 is 1.27 bits per heavy atom. The fourth-order valence-electron chi connectivity index (χ4n) is 1.91. The first-order chi connectivity index (χ1) is 10.7. The summed E-state index contributed by atoms with van der Waals surface area (Å²) >= 11 is 0. The Hall–Kier alpha value is -2.34. The topological polar surface area (TPSA) is 69.4 Å². The standard InChI is InChI=1S/C16H21N3O3/c1-11(17-2)9-15-18-16(22-19-15)8-6-12-5-7-13(20-3)10-14(12)21-4/h5-8,10-11,17H,9H2,1-4H3/b8-6+. The lowest BCUT2D eigenvalue weighted by Crippen LogP contribution is -2.24. The first-order valence-corrected chi connectivity index (χ1v) is 7.06. The lowest BCUT2D eigenvalue weighted by atomic mass is 10.1. The average molecular weight is 303 g/mol. The van der Waals surface area contributed by atoms with Crippen molar-refractivity contribution in [2.24, 2.45) is 0 Å². The summed E-state index contributed by atoms with van der Waals surface area (Å²) in [5.74, 6) is 2.62. The third-order valence-corrected chi connectivity index (χ3v) is 3.31. The molecular formula is C16H21N3O3. The number of nitrogens with one attached hydrogen (secondary N) is 1. The Morgan fingerprint density at radius 3 is 2.77 bits per heavy atom. The number of benzene rings is 1. The SMILES string of the molecule is CNC(C)Cc1noc(/C=C/c2ccc(OC)cc2OC)n1. The van der Waals surface area contributed by atoms with Crippen LogP contribution in [0, 0.1) is 0 Å². The molecule has 0 spiro atoms. The summed E-state index contributed by atoms with van der Waals surface area (Å²) in [5.41, 5.74) is 0.909. The van der Waals surface area contributed by atoms with Crippen molar-refractivity contribution in [1.82, 2.24) is 15.5 Å². The normalized spacial score (nSPS) is 12.5. The molecule has 1 aromatic carbocycles. The number of hydrogen-bond donors (Lipinski definition) is 1. The van der Waals surface area contributed by atoms with Crippen LogP contribution in [-0.2, 0) is 6.42 Å². The molecule has 1 unspecified atom stereocenters. The van der Waals surface area contributed by atoms with Gasteiger partial charge >= 0.3 is 0 Å². The van der Waals surface area contributed by atoms with Crippen molar-refractivity contribution >= 4 is 12.2 Å². The summed E-state index contributed by atoms with van der Waals surface area (Å²) in [7, 11) is 5.15. The van der Waals surface area contributed by atoms with Gasteiger partial charge in [-0.15, -0.1) is 0 Å². The molecule has 1 N–H and O–H groups in total. The van der Waals surface area contributed by atoms with Crippen LogP contribution in [0.3, 0.4) is 0 Å². The van der Waals surface area contributed by atoms with Crippen LogP contribution in [-0.4, -0.2) is 37.4 Å². The smallest absolute Gasteiger partial charge is 0.250 e. The van der Waals surface area contributed by atoms with Crippen molar-refractivity contribution in [3.63, 3.8) is 0 Å². The molecule has 6 heteroatoms. The molecule has 2 aromatic rings. The monoisotopic (exact) mass is 303 g/mol. The van der Waals surface area contributed by atoms with Gasteiger partial charge in [0.15, 0.2) is 5.82 Å². The van der Waals surface area contributed by atoms with Crippen molar-refractivity contribution in [3.8, 4) is 11.5 Å². The molecule has 2 rings (SSSR count). The minimum Gasteiger partial charge on any atom is -0.497 e. The molecule has 1 aromatic heterocycles.